The molecule has 1 N–H and O–H groups in total. The van der Waals surface area contributed by atoms with Gasteiger partial charge in [0, 0.05) is 37.5 Å². The largest absolute Gasteiger partial charge is 0.379 e. The Kier molecular flexibility index (Phi) is 6.17. The zero-order chi connectivity index (χ0) is 21.0. The molecule has 3 rings (SSSR count). The van der Waals surface area contributed by atoms with Gasteiger partial charge in [0.2, 0.25) is 0 Å². The van der Waals surface area contributed by atoms with E-state index in [2.05, 4.69) is 5.32 Å². The minimum Gasteiger partial charge on any atom is -0.379 e. The lowest BCUT2D eigenvalue weighted by atomic mass is 9.96. The molecular weight excluding hydrogens is 394 g/mol. The van der Waals surface area contributed by atoms with Gasteiger partial charge < -0.3 is 10.2 Å². The number of likely N-dealkylation sites (tertiary alicyclic amines) is 1. The highest BCUT2D eigenvalue weighted by molar-refractivity contribution is 7.90. The Morgan fingerprint density at radius 2 is 1.83 bits per heavy atom. The van der Waals surface area contributed by atoms with E-state index in [1.165, 1.54) is 12.1 Å². The van der Waals surface area contributed by atoms with Crippen molar-refractivity contribution >= 4 is 27.1 Å². The van der Waals surface area contributed by atoms with Gasteiger partial charge in [0.1, 0.15) is 5.69 Å². The van der Waals surface area contributed by atoms with Gasteiger partial charge in [0.15, 0.2) is 9.84 Å². The van der Waals surface area contributed by atoms with Gasteiger partial charge in [-0.3, -0.25) is 14.9 Å². The second-order valence-corrected chi connectivity index (χ2v) is 9.21. The zero-order valence-corrected chi connectivity index (χ0v) is 16.9. The summed E-state index contributed by atoms with van der Waals surface area (Å²) in [5.41, 5.74) is 0.709. The molecule has 0 bridgehead atoms. The molecule has 29 heavy (non-hydrogen) atoms. The van der Waals surface area contributed by atoms with Crippen molar-refractivity contribution in [1.82, 2.24) is 4.90 Å². The fraction of sp³-hybridized carbons (Fsp3) is 0.350. The van der Waals surface area contributed by atoms with E-state index in [1.807, 2.05) is 23.1 Å². The van der Waals surface area contributed by atoms with E-state index in [0.717, 1.165) is 25.2 Å². The van der Waals surface area contributed by atoms with E-state index in [9.17, 15) is 23.3 Å². The molecule has 0 saturated carbocycles. The number of nitrogens with zero attached hydrogens (tertiary/aromatic N) is 2. The van der Waals surface area contributed by atoms with Gasteiger partial charge in [-0.2, -0.15) is 0 Å². The van der Waals surface area contributed by atoms with E-state index in [0.29, 0.717) is 30.9 Å². The van der Waals surface area contributed by atoms with Crippen molar-refractivity contribution in [3.8, 4) is 0 Å². The molecule has 1 aliphatic rings. The predicted molar refractivity (Wildman–Crippen MR) is 110 cm³/mol. The van der Waals surface area contributed by atoms with Crippen molar-refractivity contribution in [2.45, 2.75) is 17.7 Å². The van der Waals surface area contributed by atoms with Crippen molar-refractivity contribution in [3.05, 3.63) is 64.2 Å². The maximum atomic E-state index is 12.5. The molecule has 0 radical (unpaired) electrons. The Hall–Kier alpha value is -2.94. The van der Waals surface area contributed by atoms with Crippen LogP contribution in [0.4, 0.5) is 11.4 Å². The maximum Gasteiger partial charge on any atom is 0.293 e. The maximum absolute atomic E-state index is 12.5. The van der Waals surface area contributed by atoms with Gasteiger partial charge >= 0.3 is 0 Å². The van der Waals surface area contributed by atoms with Crippen LogP contribution in [0.3, 0.4) is 0 Å². The van der Waals surface area contributed by atoms with Gasteiger partial charge in [-0.15, -0.1) is 0 Å². The molecule has 8 nitrogen and oxygen atoms in total. The number of anilines is 1. The summed E-state index contributed by atoms with van der Waals surface area (Å²) in [6, 6.07) is 13.0. The highest BCUT2D eigenvalue weighted by atomic mass is 32.2. The second-order valence-electron chi connectivity index (χ2n) is 7.19. The van der Waals surface area contributed by atoms with E-state index in [1.54, 1.807) is 12.1 Å². The van der Waals surface area contributed by atoms with Gasteiger partial charge in [0.25, 0.3) is 11.6 Å². The Morgan fingerprint density at radius 3 is 2.41 bits per heavy atom. The van der Waals surface area contributed by atoms with Gasteiger partial charge in [-0.1, -0.05) is 18.2 Å². The Balaban J connectivity index is 1.59. The molecule has 9 heteroatoms. The highest BCUT2D eigenvalue weighted by Gasteiger charge is 2.24. The molecule has 2 aromatic carbocycles. The summed E-state index contributed by atoms with van der Waals surface area (Å²) in [5.74, 6) is 0.285. The third-order valence-electron chi connectivity index (χ3n) is 5.10. The molecule has 2 aromatic rings. The van der Waals surface area contributed by atoms with E-state index in [-0.39, 0.29) is 22.4 Å². The molecule has 1 amide bonds. The van der Waals surface area contributed by atoms with Crippen molar-refractivity contribution in [2.75, 3.05) is 31.2 Å². The number of nitro groups is 1. The smallest absolute Gasteiger partial charge is 0.293 e. The molecule has 1 aliphatic heterocycles. The minimum atomic E-state index is -3.52. The first kappa shape index (κ1) is 20.8. The summed E-state index contributed by atoms with van der Waals surface area (Å²) in [4.78, 5) is 25.0. The monoisotopic (exact) mass is 417 g/mol. The molecule has 0 aliphatic carbocycles. The number of carbonyl (C=O) groups is 1. The first-order valence-electron chi connectivity index (χ1n) is 9.32. The molecule has 1 heterocycles. The summed E-state index contributed by atoms with van der Waals surface area (Å²) in [5, 5.41) is 14.4. The van der Waals surface area contributed by atoms with Gasteiger partial charge in [0.05, 0.1) is 9.82 Å². The number of nitro benzene ring substituents is 1. The third-order valence-corrected chi connectivity index (χ3v) is 6.21. The Morgan fingerprint density at radius 1 is 1.17 bits per heavy atom. The lowest BCUT2D eigenvalue weighted by molar-refractivity contribution is -0.384. The second kappa shape index (κ2) is 8.60. The summed E-state index contributed by atoms with van der Waals surface area (Å²) in [7, 11) is -3.52. The molecule has 1 fully saturated rings. The first-order valence-corrected chi connectivity index (χ1v) is 11.2. The number of amides is 1. The summed E-state index contributed by atoms with van der Waals surface area (Å²) in [6.07, 6.45) is 2.60. The number of benzene rings is 2. The number of nitrogens with one attached hydrogen (secondary N) is 1. The zero-order valence-electron chi connectivity index (χ0n) is 16.1. The van der Waals surface area contributed by atoms with Crippen LogP contribution in [-0.4, -0.2) is 50.0 Å². The molecule has 0 atom stereocenters. The average molecular weight is 417 g/mol. The number of hydrogen-bond acceptors (Lipinski definition) is 6. The number of sulfone groups is 1. The Labute approximate surface area is 169 Å². The average Bonchev–Trinajstić information content (AvgIpc) is 2.72. The topological polar surface area (TPSA) is 110 Å². The first-order chi connectivity index (χ1) is 13.8. The molecule has 154 valence electrons. The van der Waals surface area contributed by atoms with E-state index < -0.39 is 14.8 Å². The number of rotatable bonds is 6. The Bertz CT molecular complexity index is 1000. The van der Waals surface area contributed by atoms with Crippen molar-refractivity contribution in [1.29, 1.82) is 0 Å². The van der Waals surface area contributed by atoms with Crippen LogP contribution >= 0.6 is 0 Å². The highest BCUT2D eigenvalue weighted by Crippen LogP contribution is 2.28. The van der Waals surface area contributed by atoms with E-state index >= 15 is 0 Å². The number of carbonyl (C=O) groups excluding carboxylic acids is 1. The quantitative estimate of drug-likeness (QED) is 0.572. The number of hydrogen-bond donors (Lipinski definition) is 1. The third kappa shape index (κ3) is 5.11. The SMILES string of the molecule is CS(=O)(=O)c1ccc(NCC2CCN(C(=O)c3ccccc3)CC2)c([N+](=O)[O-])c1. The molecule has 0 spiro atoms. The minimum absolute atomic E-state index is 0.0176. The molecular formula is C20H23N3O5S. The van der Waals surface area contributed by atoms with E-state index in [4.69, 9.17) is 0 Å². The standard InChI is InChI=1S/C20H23N3O5S/c1-29(27,28)17-7-8-18(19(13-17)23(25)26)21-14-15-9-11-22(12-10-15)20(24)16-5-3-2-4-6-16/h2-8,13,15,21H,9-12,14H2,1H3. The van der Waals surface area contributed by atoms with Crippen LogP contribution in [0.2, 0.25) is 0 Å². The lowest BCUT2D eigenvalue weighted by Gasteiger charge is -2.32. The summed E-state index contributed by atoms with van der Waals surface area (Å²) in [6.45, 7) is 1.79. The van der Waals surface area contributed by atoms with Crippen LogP contribution in [0.5, 0.6) is 0 Å². The van der Waals surface area contributed by atoms with Crippen LogP contribution in [0.25, 0.3) is 0 Å². The molecule has 0 unspecified atom stereocenters. The van der Waals surface area contributed by atoms with Crippen LogP contribution in [0, 0.1) is 16.0 Å². The summed E-state index contributed by atoms with van der Waals surface area (Å²) < 4.78 is 23.3. The fourth-order valence-corrected chi connectivity index (χ4v) is 4.04. The van der Waals surface area contributed by atoms with Crippen LogP contribution < -0.4 is 5.32 Å². The predicted octanol–water partition coefficient (Wildman–Crippen LogP) is 2.96. The van der Waals surface area contributed by atoms with Crippen LogP contribution in [0.1, 0.15) is 23.2 Å². The van der Waals surface area contributed by atoms with Gasteiger partial charge in [-0.05, 0) is 43.0 Å². The molecule has 0 aromatic heterocycles. The molecule has 1 saturated heterocycles. The summed E-state index contributed by atoms with van der Waals surface area (Å²) >= 11 is 0. The van der Waals surface area contributed by atoms with Crippen molar-refractivity contribution in [2.24, 2.45) is 5.92 Å². The van der Waals surface area contributed by atoms with Crippen LogP contribution in [0.15, 0.2) is 53.4 Å². The lowest BCUT2D eigenvalue weighted by Crippen LogP contribution is -2.39. The van der Waals surface area contributed by atoms with Gasteiger partial charge in [-0.25, -0.2) is 8.42 Å². The fourth-order valence-electron chi connectivity index (χ4n) is 3.40. The number of piperidine rings is 1. The van der Waals surface area contributed by atoms with Crippen LogP contribution in [-0.2, 0) is 9.84 Å². The van der Waals surface area contributed by atoms with Crippen molar-refractivity contribution in [3.63, 3.8) is 0 Å². The normalized spacial score (nSPS) is 15.1. The van der Waals surface area contributed by atoms with Crippen molar-refractivity contribution < 1.29 is 18.1 Å².